The van der Waals surface area contributed by atoms with E-state index in [-0.39, 0.29) is 11.8 Å². The number of nitrogens with one attached hydrogen (secondary N) is 3. The molecule has 130 valence electrons. The molecule has 0 bridgehead atoms. The van der Waals surface area contributed by atoms with Crippen molar-refractivity contribution < 1.29 is 9.59 Å². The van der Waals surface area contributed by atoms with Crippen molar-refractivity contribution in [2.24, 2.45) is 11.8 Å². The number of rotatable bonds is 7. The van der Waals surface area contributed by atoms with E-state index in [0.29, 0.717) is 36.1 Å². The van der Waals surface area contributed by atoms with Gasteiger partial charge in [0.1, 0.15) is 0 Å². The molecule has 1 aliphatic rings. The van der Waals surface area contributed by atoms with Crippen LogP contribution < -0.4 is 16.0 Å². The molecule has 1 aromatic carbocycles. The third-order valence-corrected chi connectivity index (χ3v) is 4.50. The maximum Gasteiger partial charge on any atom is 0.253 e. The lowest BCUT2D eigenvalue weighted by atomic mass is 9.85. The molecular weight excluding hydrogens is 302 g/mol. The Morgan fingerprint density at radius 1 is 1.42 bits per heavy atom. The molecule has 1 fully saturated rings. The second kappa shape index (κ2) is 9.23. The van der Waals surface area contributed by atoms with E-state index in [1.165, 1.54) is 12.8 Å². The molecule has 0 radical (unpaired) electrons. The van der Waals surface area contributed by atoms with E-state index in [4.69, 9.17) is 0 Å². The first-order valence-electron chi connectivity index (χ1n) is 8.60. The van der Waals surface area contributed by atoms with Crippen LogP contribution >= 0.6 is 0 Å². The first-order chi connectivity index (χ1) is 11.6. The summed E-state index contributed by atoms with van der Waals surface area (Å²) in [4.78, 5) is 24.5. The summed E-state index contributed by atoms with van der Waals surface area (Å²) in [5, 5.41) is 9.02. The maximum absolute atomic E-state index is 12.4. The Labute approximate surface area is 143 Å². The highest BCUT2D eigenvalue weighted by Gasteiger charge is 2.22. The van der Waals surface area contributed by atoms with Crippen molar-refractivity contribution in [2.45, 2.75) is 26.2 Å². The number of hydrogen-bond acceptors (Lipinski definition) is 3. The molecular formula is C19H27N3O2. The average Bonchev–Trinajstić information content (AvgIpc) is 2.60. The number of carbonyl (C=O) groups is 2. The highest BCUT2D eigenvalue weighted by atomic mass is 16.2. The summed E-state index contributed by atoms with van der Waals surface area (Å²) < 4.78 is 0. The molecule has 3 N–H and O–H groups in total. The molecule has 1 aromatic rings. The fourth-order valence-electron chi connectivity index (χ4n) is 3.08. The van der Waals surface area contributed by atoms with Crippen molar-refractivity contribution in [3.05, 3.63) is 42.5 Å². The third-order valence-electron chi connectivity index (χ3n) is 4.50. The molecule has 0 saturated carbocycles. The molecule has 0 aromatic heterocycles. The van der Waals surface area contributed by atoms with Gasteiger partial charge in [-0.15, -0.1) is 6.58 Å². The standard InChI is InChI=1S/C19H27N3O2/c1-3-10-21-19(24)16-8-4-5-9-17(16)22-18(23)12-14(2)15-7-6-11-20-13-15/h3-5,8-9,14-15,20H,1,6-7,10-13H2,2H3,(H,21,24)(H,22,23). The Morgan fingerprint density at radius 3 is 2.92 bits per heavy atom. The zero-order chi connectivity index (χ0) is 17.4. The Bertz CT molecular complexity index is 580. The number of para-hydroxylation sites is 1. The summed E-state index contributed by atoms with van der Waals surface area (Å²) in [5.74, 6) is 0.600. The third kappa shape index (κ3) is 5.20. The second-order valence-corrected chi connectivity index (χ2v) is 6.38. The van der Waals surface area contributed by atoms with E-state index in [1.54, 1.807) is 24.3 Å². The van der Waals surface area contributed by atoms with Crippen LogP contribution in [0, 0.1) is 11.8 Å². The fraction of sp³-hybridized carbons (Fsp3) is 0.474. The number of carbonyl (C=O) groups excluding carboxylic acids is 2. The molecule has 2 amide bonds. The Balaban J connectivity index is 1.95. The predicted octanol–water partition coefficient (Wildman–Crippen LogP) is 2.57. The van der Waals surface area contributed by atoms with E-state index in [1.807, 2.05) is 6.07 Å². The van der Waals surface area contributed by atoms with Gasteiger partial charge in [-0.3, -0.25) is 9.59 Å². The number of piperidine rings is 1. The molecule has 1 saturated heterocycles. The zero-order valence-corrected chi connectivity index (χ0v) is 14.3. The molecule has 2 atom stereocenters. The van der Waals surface area contributed by atoms with Gasteiger partial charge in [0.15, 0.2) is 0 Å². The van der Waals surface area contributed by atoms with Gasteiger partial charge in [0, 0.05) is 13.0 Å². The molecule has 2 rings (SSSR count). The van der Waals surface area contributed by atoms with Crippen LogP contribution in [0.1, 0.15) is 36.5 Å². The largest absolute Gasteiger partial charge is 0.349 e. The van der Waals surface area contributed by atoms with E-state index in [0.717, 1.165) is 13.1 Å². The van der Waals surface area contributed by atoms with Crippen LogP contribution in [0.15, 0.2) is 36.9 Å². The zero-order valence-electron chi connectivity index (χ0n) is 14.3. The highest BCUT2D eigenvalue weighted by Crippen LogP contribution is 2.23. The molecule has 2 unspecified atom stereocenters. The monoisotopic (exact) mass is 329 g/mol. The van der Waals surface area contributed by atoms with Gasteiger partial charge >= 0.3 is 0 Å². The van der Waals surface area contributed by atoms with Crippen molar-refractivity contribution in [3.8, 4) is 0 Å². The van der Waals surface area contributed by atoms with E-state index < -0.39 is 0 Å². The van der Waals surface area contributed by atoms with Crippen molar-refractivity contribution >= 4 is 17.5 Å². The van der Waals surface area contributed by atoms with Crippen LogP contribution in [0.25, 0.3) is 0 Å². The predicted molar refractivity (Wildman–Crippen MR) is 97.0 cm³/mol. The summed E-state index contributed by atoms with van der Waals surface area (Å²) in [6, 6.07) is 7.07. The number of amides is 2. The van der Waals surface area contributed by atoms with Crippen molar-refractivity contribution in [3.63, 3.8) is 0 Å². The molecule has 5 nitrogen and oxygen atoms in total. The van der Waals surface area contributed by atoms with Crippen molar-refractivity contribution in [1.82, 2.24) is 10.6 Å². The van der Waals surface area contributed by atoms with Crippen LogP contribution in [-0.2, 0) is 4.79 Å². The Morgan fingerprint density at radius 2 is 2.21 bits per heavy atom. The minimum absolute atomic E-state index is 0.0444. The lowest BCUT2D eigenvalue weighted by molar-refractivity contribution is -0.117. The quantitative estimate of drug-likeness (QED) is 0.673. The maximum atomic E-state index is 12.4. The lowest BCUT2D eigenvalue weighted by Crippen LogP contribution is -2.34. The van der Waals surface area contributed by atoms with Gasteiger partial charge in [-0.1, -0.05) is 25.1 Å². The summed E-state index contributed by atoms with van der Waals surface area (Å²) in [7, 11) is 0. The van der Waals surface area contributed by atoms with Gasteiger partial charge in [0.05, 0.1) is 11.3 Å². The SMILES string of the molecule is C=CCNC(=O)c1ccccc1NC(=O)CC(C)C1CCCNC1. The van der Waals surface area contributed by atoms with E-state index in [2.05, 4.69) is 29.5 Å². The van der Waals surface area contributed by atoms with Crippen LogP contribution in [0.4, 0.5) is 5.69 Å². The van der Waals surface area contributed by atoms with Gasteiger partial charge in [-0.25, -0.2) is 0 Å². The van der Waals surface area contributed by atoms with Crippen molar-refractivity contribution in [2.75, 3.05) is 25.0 Å². The van der Waals surface area contributed by atoms with Crippen LogP contribution in [0.2, 0.25) is 0 Å². The fourth-order valence-corrected chi connectivity index (χ4v) is 3.08. The second-order valence-electron chi connectivity index (χ2n) is 6.38. The summed E-state index contributed by atoms with van der Waals surface area (Å²) >= 11 is 0. The first kappa shape index (κ1) is 18.2. The molecule has 24 heavy (non-hydrogen) atoms. The van der Waals surface area contributed by atoms with Gasteiger partial charge in [0.25, 0.3) is 5.91 Å². The van der Waals surface area contributed by atoms with Gasteiger partial charge in [-0.05, 0) is 49.9 Å². The van der Waals surface area contributed by atoms with Gasteiger partial charge < -0.3 is 16.0 Å². The van der Waals surface area contributed by atoms with Gasteiger partial charge in [-0.2, -0.15) is 0 Å². The van der Waals surface area contributed by atoms with Crippen LogP contribution in [0.3, 0.4) is 0 Å². The van der Waals surface area contributed by atoms with Crippen LogP contribution in [0.5, 0.6) is 0 Å². The summed E-state index contributed by atoms with van der Waals surface area (Å²) in [6.07, 6.45) is 4.43. The minimum Gasteiger partial charge on any atom is -0.349 e. The Kier molecular flexibility index (Phi) is 7.00. The Hall–Kier alpha value is -2.14. The molecule has 0 aliphatic carbocycles. The number of benzene rings is 1. The van der Waals surface area contributed by atoms with Gasteiger partial charge in [0.2, 0.25) is 5.91 Å². The normalized spacial score (nSPS) is 18.5. The molecule has 0 spiro atoms. The molecule has 5 heteroatoms. The summed E-state index contributed by atoms with van der Waals surface area (Å²) in [6.45, 7) is 8.16. The van der Waals surface area contributed by atoms with Crippen LogP contribution in [-0.4, -0.2) is 31.4 Å². The van der Waals surface area contributed by atoms with Crippen molar-refractivity contribution in [1.29, 1.82) is 0 Å². The number of hydrogen-bond donors (Lipinski definition) is 3. The highest BCUT2D eigenvalue weighted by molar-refractivity contribution is 6.03. The van der Waals surface area contributed by atoms with E-state index >= 15 is 0 Å². The minimum atomic E-state index is -0.213. The number of anilines is 1. The smallest absolute Gasteiger partial charge is 0.253 e. The first-order valence-corrected chi connectivity index (χ1v) is 8.60. The average molecular weight is 329 g/mol. The van der Waals surface area contributed by atoms with E-state index in [9.17, 15) is 9.59 Å². The summed E-state index contributed by atoms with van der Waals surface area (Å²) in [5.41, 5.74) is 1.03. The lowest BCUT2D eigenvalue weighted by Gasteiger charge is -2.28. The molecule has 1 aliphatic heterocycles. The topological polar surface area (TPSA) is 70.2 Å². The molecule has 1 heterocycles.